The van der Waals surface area contributed by atoms with Crippen molar-refractivity contribution >= 4 is 29.1 Å². The Morgan fingerprint density at radius 3 is 2.57 bits per heavy atom. The minimum Gasteiger partial charge on any atom is -0.487 e. The zero-order chi connectivity index (χ0) is 22.3. The Labute approximate surface area is 182 Å². The van der Waals surface area contributed by atoms with Gasteiger partial charge in [-0.05, 0) is 50.1 Å². The van der Waals surface area contributed by atoms with Crippen molar-refractivity contribution in [1.82, 2.24) is 4.98 Å². The number of aromatic nitrogens is 1. The van der Waals surface area contributed by atoms with E-state index in [1.165, 1.54) is 55.5 Å². The van der Waals surface area contributed by atoms with Crippen LogP contribution < -0.4 is 10.5 Å². The van der Waals surface area contributed by atoms with E-state index in [4.69, 9.17) is 9.47 Å². The second kappa shape index (κ2) is 11.1. The normalized spacial score (nSPS) is 10.2. The van der Waals surface area contributed by atoms with Crippen molar-refractivity contribution in [2.24, 2.45) is 5.73 Å². The second-order valence-corrected chi connectivity index (χ2v) is 8.00. The Morgan fingerprint density at radius 2 is 1.90 bits per heavy atom. The first-order valence-corrected chi connectivity index (χ1v) is 10.8. The summed E-state index contributed by atoms with van der Waals surface area (Å²) in [6, 6.07) is 7.49. The molecule has 5 nitrogen and oxygen atoms in total. The summed E-state index contributed by atoms with van der Waals surface area (Å²) in [5, 5.41) is 0. The number of thiophene rings is 1. The lowest BCUT2D eigenvalue weighted by Gasteiger charge is -2.12. The number of carbonyl (C=O) groups excluding carboxylic acids is 1. The maximum atomic E-state index is 13.8. The first-order valence-electron chi connectivity index (χ1n) is 8.80. The van der Waals surface area contributed by atoms with Crippen molar-refractivity contribution in [1.29, 1.82) is 0 Å². The topological polar surface area (TPSA) is 74.4 Å². The quantitative estimate of drug-likeness (QED) is 0.416. The molecule has 0 amide bonds. The minimum absolute atomic E-state index is 0.0521. The van der Waals surface area contributed by atoms with Gasteiger partial charge >= 0.3 is 5.97 Å². The minimum atomic E-state index is -0.552. The number of thioether (sulfide) groups is 1. The lowest BCUT2D eigenvalue weighted by Crippen LogP contribution is -2.00. The molecule has 0 unspecified atom stereocenters. The molecule has 0 bridgehead atoms. The van der Waals surface area contributed by atoms with Gasteiger partial charge in [0.05, 0.1) is 13.3 Å². The average molecular weight is 453 g/mol. The average Bonchev–Trinajstić information content (AvgIpc) is 3.14. The van der Waals surface area contributed by atoms with Gasteiger partial charge in [0.25, 0.3) is 0 Å². The lowest BCUT2D eigenvalue weighted by molar-refractivity contribution is 0.0606. The molecular weight excluding hydrogens is 430 g/mol. The molecule has 30 heavy (non-hydrogen) atoms. The van der Waals surface area contributed by atoms with Crippen LogP contribution in [0.4, 0.5) is 8.78 Å². The molecule has 0 saturated carbocycles. The number of nitrogens with two attached hydrogens (primary N) is 1. The van der Waals surface area contributed by atoms with Crippen LogP contribution in [0.1, 0.15) is 20.1 Å². The number of esters is 1. The molecule has 0 spiro atoms. The number of rotatable bonds is 6. The highest BCUT2D eigenvalue weighted by Crippen LogP contribution is 2.36. The highest BCUT2D eigenvalue weighted by Gasteiger charge is 2.18. The molecule has 1 aromatic carbocycles. The number of hydrogen-bond acceptors (Lipinski definition) is 7. The molecule has 0 atom stereocenters. The van der Waals surface area contributed by atoms with Crippen LogP contribution in [0.2, 0.25) is 0 Å². The fraction of sp³-hybridized carbons (Fsp3) is 0.238. The third kappa shape index (κ3) is 5.78. The first-order chi connectivity index (χ1) is 14.4. The van der Waals surface area contributed by atoms with Crippen LogP contribution in [0.3, 0.4) is 0 Å². The predicted molar refractivity (Wildman–Crippen MR) is 116 cm³/mol. The molecule has 2 heterocycles. The summed E-state index contributed by atoms with van der Waals surface area (Å²) in [5.41, 5.74) is 6.19. The fourth-order valence-corrected chi connectivity index (χ4v) is 4.07. The largest absolute Gasteiger partial charge is 0.487 e. The first kappa shape index (κ1) is 23.8. The summed E-state index contributed by atoms with van der Waals surface area (Å²) in [6.07, 6.45) is 2.94. The molecule has 0 saturated heterocycles. The van der Waals surface area contributed by atoms with Crippen LogP contribution in [0, 0.1) is 18.6 Å². The van der Waals surface area contributed by atoms with Crippen molar-refractivity contribution in [3.8, 4) is 17.0 Å². The molecule has 0 fully saturated rings. The Bertz CT molecular complexity index is 1030. The molecule has 3 aromatic rings. The SMILES string of the molecule is CN.COC(=O)c1cc(-c2ncc(F)cc2OCc2cc(F)cc(SC)c2)c(C)s1. The van der Waals surface area contributed by atoms with Crippen LogP contribution in [0.25, 0.3) is 11.3 Å². The molecule has 0 aliphatic carbocycles. The number of halogens is 2. The third-order valence-corrected chi connectivity index (χ3v) is 5.68. The van der Waals surface area contributed by atoms with Crippen LogP contribution in [-0.2, 0) is 11.3 Å². The summed E-state index contributed by atoms with van der Waals surface area (Å²) in [7, 11) is 2.81. The number of ether oxygens (including phenoxy) is 2. The van der Waals surface area contributed by atoms with Gasteiger partial charge in [-0.1, -0.05) is 0 Å². The monoisotopic (exact) mass is 452 g/mol. The fourth-order valence-electron chi connectivity index (χ4n) is 2.63. The van der Waals surface area contributed by atoms with E-state index in [-0.39, 0.29) is 18.2 Å². The number of pyridine rings is 1. The summed E-state index contributed by atoms with van der Waals surface area (Å²) >= 11 is 2.68. The van der Waals surface area contributed by atoms with E-state index < -0.39 is 11.8 Å². The van der Waals surface area contributed by atoms with Crippen LogP contribution in [0.15, 0.2) is 41.4 Å². The number of aryl methyl sites for hydroxylation is 1. The van der Waals surface area contributed by atoms with Crippen LogP contribution >= 0.6 is 23.1 Å². The van der Waals surface area contributed by atoms with E-state index in [1.807, 2.05) is 19.2 Å². The number of methoxy groups -OCH3 is 1. The van der Waals surface area contributed by atoms with E-state index in [0.717, 1.165) is 16.0 Å². The number of nitrogens with zero attached hydrogens (tertiary/aromatic N) is 1. The molecule has 9 heteroatoms. The zero-order valence-electron chi connectivity index (χ0n) is 17.0. The molecule has 2 N–H and O–H groups in total. The second-order valence-electron chi connectivity index (χ2n) is 5.86. The van der Waals surface area contributed by atoms with E-state index >= 15 is 0 Å². The zero-order valence-corrected chi connectivity index (χ0v) is 18.6. The number of carbonyl (C=O) groups is 1. The summed E-state index contributed by atoms with van der Waals surface area (Å²) in [6.45, 7) is 1.88. The Balaban J connectivity index is 0.00000155. The highest BCUT2D eigenvalue weighted by atomic mass is 32.2. The summed E-state index contributed by atoms with van der Waals surface area (Å²) in [5.74, 6) is -1.15. The van der Waals surface area contributed by atoms with Crippen molar-refractivity contribution in [2.75, 3.05) is 20.4 Å². The van der Waals surface area contributed by atoms with Crippen molar-refractivity contribution in [2.45, 2.75) is 18.4 Å². The van der Waals surface area contributed by atoms with E-state index in [1.54, 1.807) is 6.07 Å². The summed E-state index contributed by atoms with van der Waals surface area (Å²) in [4.78, 5) is 17.9. The van der Waals surface area contributed by atoms with Crippen molar-refractivity contribution in [3.63, 3.8) is 0 Å². The van der Waals surface area contributed by atoms with Gasteiger partial charge in [-0.3, -0.25) is 0 Å². The summed E-state index contributed by atoms with van der Waals surface area (Å²) < 4.78 is 38.0. The molecule has 0 radical (unpaired) electrons. The van der Waals surface area contributed by atoms with E-state index in [2.05, 4.69) is 10.7 Å². The number of benzene rings is 1. The molecule has 0 aliphatic rings. The molecule has 0 aliphatic heterocycles. The Kier molecular flexibility index (Phi) is 8.76. The van der Waals surface area contributed by atoms with Crippen molar-refractivity contribution < 1.29 is 23.0 Å². The van der Waals surface area contributed by atoms with E-state index in [9.17, 15) is 13.6 Å². The Morgan fingerprint density at radius 1 is 1.17 bits per heavy atom. The smallest absolute Gasteiger partial charge is 0.348 e. The van der Waals surface area contributed by atoms with Crippen molar-refractivity contribution in [3.05, 3.63) is 63.5 Å². The van der Waals surface area contributed by atoms with Gasteiger partial charge in [0.1, 0.15) is 34.6 Å². The maximum absolute atomic E-state index is 13.8. The van der Waals surface area contributed by atoms with Gasteiger partial charge < -0.3 is 15.2 Å². The molecule has 2 aromatic heterocycles. The van der Waals surface area contributed by atoms with Gasteiger partial charge in [0.2, 0.25) is 0 Å². The van der Waals surface area contributed by atoms with Gasteiger partial charge in [0, 0.05) is 21.4 Å². The Hall–Kier alpha value is -2.49. The van der Waals surface area contributed by atoms with Crippen LogP contribution in [0.5, 0.6) is 5.75 Å². The maximum Gasteiger partial charge on any atom is 0.348 e. The standard InChI is InChI=1S/C20H17F2NO3S2.CH5N/c1-11-16(8-18(28-11)20(24)25-2)19-17(7-14(22)9-23-19)26-10-12-4-13(21)6-15(5-12)27-3;1-2/h4-9H,10H2,1-3H3;2H2,1H3. The number of hydrogen-bond donors (Lipinski definition) is 1. The van der Waals surface area contributed by atoms with Gasteiger partial charge in [-0.15, -0.1) is 23.1 Å². The van der Waals surface area contributed by atoms with Gasteiger partial charge in [-0.2, -0.15) is 0 Å². The third-order valence-electron chi connectivity index (χ3n) is 3.94. The molecular formula is C21H22F2N2O3S2. The highest BCUT2D eigenvalue weighted by molar-refractivity contribution is 7.98. The molecule has 3 rings (SSSR count). The van der Waals surface area contributed by atoms with Gasteiger partial charge in [-0.25, -0.2) is 18.6 Å². The van der Waals surface area contributed by atoms with E-state index in [0.29, 0.717) is 21.7 Å². The predicted octanol–water partition coefficient (Wildman–Crippen LogP) is 5.06. The van der Waals surface area contributed by atoms with Crippen LogP contribution in [-0.4, -0.2) is 31.4 Å². The lowest BCUT2D eigenvalue weighted by atomic mass is 10.1. The molecule has 160 valence electrons. The van der Waals surface area contributed by atoms with Gasteiger partial charge in [0.15, 0.2) is 0 Å².